The average Bonchev–Trinajstić information content (AvgIpc) is 2.35. The Morgan fingerprint density at radius 3 is 2.50 bits per heavy atom. The number of hydrogen-bond acceptors (Lipinski definition) is 0. The Morgan fingerprint density at radius 1 is 1.00 bits per heavy atom. The van der Waals surface area contributed by atoms with Gasteiger partial charge < -0.3 is 0 Å². The van der Waals surface area contributed by atoms with Crippen LogP contribution in [0.3, 0.4) is 0 Å². The number of alkyl halides is 2. The molecule has 0 aromatic rings. The highest BCUT2D eigenvalue weighted by Gasteiger charge is 2.30. The lowest BCUT2D eigenvalue weighted by Crippen LogP contribution is -2.22. The first-order chi connectivity index (χ1) is 6.70. The summed E-state index contributed by atoms with van der Waals surface area (Å²) < 4.78 is 1.69. The summed E-state index contributed by atoms with van der Waals surface area (Å²) in [5, 5.41) is 0. The van der Waals surface area contributed by atoms with Gasteiger partial charge in [0.2, 0.25) is 0 Å². The molecule has 0 aliphatic heterocycles. The van der Waals surface area contributed by atoms with Crippen molar-refractivity contribution in [3.05, 3.63) is 11.1 Å². The van der Waals surface area contributed by atoms with Crippen LogP contribution < -0.4 is 0 Å². The van der Waals surface area contributed by atoms with Gasteiger partial charge in [0.1, 0.15) is 0 Å². The van der Waals surface area contributed by atoms with E-state index in [1.165, 1.54) is 38.5 Å². The van der Waals surface area contributed by atoms with Crippen molar-refractivity contribution in [2.24, 2.45) is 5.92 Å². The van der Waals surface area contributed by atoms with Crippen molar-refractivity contribution in [2.75, 3.05) is 0 Å². The largest absolute Gasteiger partial charge is 0.0777 e. The van der Waals surface area contributed by atoms with Crippen molar-refractivity contribution < 1.29 is 0 Å². The van der Waals surface area contributed by atoms with Crippen molar-refractivity contribution in [1.29, 1.82) is 0 Å². The van der Waals surface area contributed by atoms with Crippen LogP contribution in [0.5, 0.6) is 0 Å². The van der Waals surface area contributed by atoms with Crippen molar-refractivity contribution in [2.45, 2.75) is 53.3 Å². The third-order valence-corrected chi connectivity index (χ3v) is 6.24. The molecule has 2 aliphatic rings. The fraction of sp³-hybridized carbons (Fsp3) is 0.833. The molecule has 2 aliphatic carbocycles. The van der Waals surface area contributed by atoms with Gasteiger partial charge in [-0.3, -0.25) is 0 Å². The van der Waals surface area contributed by atoms with Gasteiger partial charge >= 0.3 is 0 Å². The van der Waals surface area contributed by atoms with E-state index in [2.05, 4.69) is 52.1 Å². The van der Waals surface area contributed by atoms with Gasteiger partial charge in [0.05, 0.1) is 0 Å². The molecule has 0 aromatic heterocycles. The summed E-state index contributed by atoms with van der Waals surface area (Å²) >= 11 is 5.35. The van der Waals surface area contributed by atoms with E-state index in [0.717, 1.165) is 13.8 Å². The molecular weight excluding hydrogens is 398 g/mol. The minimum absolute atomic E-state index is 0.842. The molecule has 0 saturated heterocycles. The standard InChI is InChI=1S/C12H18I2/c1-8-6-7-11(14)12-9(8)4-2-3-5-10(12)13/h8,10-11H,2-7H2,1H3. The average molecular weight is 416 g/mol. The fourth-order valence-electron chi connectivity index (χ4n) is 2.79. The van der Waals surface area contributed by atoms with Crippen molar-refractivity contribution in [1.82, 2.24) is 0 Å². The van der Waals surface area contributed by atoms with Crippen LogP contribution >= 0.6 is 45.2 Å². The molecule has 0 saturated carbocycles. The zero-order chi connectivity index (χ0) is 10.1. The lowest BCUT2D eigenvalue weighted by atomic mass is 9.81. The number of rotatable bonds is 0. The highest BCUT2D eigenvalue weighted by molar-refractivity contribution is 14.1. The molecule has 80 valence electrons. The molecule has 0 heterocycles. The normalized spacial score (nSPS) is 39.2. The summed E-state index contributed by atoms with van der Waals surface area (Å²) in [6.45, 7) is 2.44. The van der Waals surface area contributed by atoms with Gasteiger partial charge in [-0.2, -0.15) is 0 Å². The van der Waals surface area contributed by atoms with E-state index >= 15 is 0 Å². The lowest BCUT2D eigenvalue weighted by molar-refractivity contribution is 0.526. The van der Waals surface area contributed by atoms with E-state index in [1.807, 2.05) is 11.1 Å². The second-order valence-electron chi connectivity index (χ2n) is 4.64. The number of allylic oxidation sites excluding steroid dienone is 2. The third kappa shape index (κ3) is 2.30. The molecule has 0 nitrogen and oxygen atoms in total. The Kier molecular flexibility index (Phi) is 4.19. The van der Waals surface area contributed by atoms with E-state index in [1.54, 1.807) is 0 Å². The van der Waals surface area contributed by atoms with Gasteiger partial charge in [0, 0.05) is 7.85 Å². The molecule has 0 N–H and O–H groups in total. The van der Waals surface area contributed by atoms with E-state index < -0.39 is 0 Å². The van der Waals surface area contributed by atoms with Crippen molar-refractivity contribution in [3.8, 4) is 0 Å². The van der Waals surface area contributed by atoms with E-state index in [4.69, 9.17) is 0 Å². The molecular formula is C12H18I2. The SMILES string of the molecule is CC1CCC(I)C2=C1CCCCC2I. The highest BCUT2D eigenvalue weighted by Crippen LogP contribution is 2.43. The highest BCUT2D eigenvalue weighted by atomic mass is 127. The summed E-state index contributed by atoms with van der Waals surface area (Å²) in [6.07, 6.45) is 8.54. The minimum Gasteiger partial charge on any atom is -0.0777 e. The number of hydrogen-bond donors (Lipinski definition) is 0. The predicted octanol–water partition coefficient (Wildman–Crippen LogP) is 4.89. The van der Waals surface area contributed by atoms with Gasteiger partial charge in [-0.25, -0.2) is 0 Å². The predicted molar refractivity (Wildman–Crippen MR) is 79.5 cm³/mol. The van der Waals surface area contributed by atoms with Gasteiger partial charge in [0.15, 0.2) is 0 Å². The third-order valence-electron chi connectivity index (χ3n) is 3.65. The van der Waals surface area contributed by atoms with Crippen molar-refractivity contribution >= 4 is 45.2 Å². The molecule has 2 rings (SSSR count). The van der Waals surface area contributed by atoms with Crippen LogP contribution in [0.1, 0.15) is 45.4 Å². The Labute approximate surface area is 115 Å². The topological polar surface area (TPSA) is 0 Å². The number of halogens is 2. The first-order valence-corrected chi connectivity index (χ1v) is 8.20. The lowest BCUT2D eigenvalue weighted by Gasteiger charge is -2.31. The van der Waals surface area contributed by atoms with Crippen LogP contribution in [-0.2, 0) is 0 Å². The monoisotopic (exact) mass is 416 g/mol. The first-order valence-electron chi connectivity index (χ1n) is 5.71. The smallest absolute Gasteiger partial charge is 0.0332 e. The van der Waals surface area contributed by atoms with Gasteiger partial charge in [-0.15, -0.1) is 0 Å². The Morgan fingerprint density at radius 2 is 1.71 bits per heavy atom. The zero-order valence-electron chi connectivity index (χ0n) is 8.73. The molecule has 0 bridgehead atoms. The van der Waals surface area contributed by atoms with Crippen LogP contribution in [0.25, 0.3) is 0 Å². The van der Waals surface area contributed by atoms with Crippen LogP contribution in [-0.4, -0.2) is 7.85 Å². The molecule has 0 radical (unpaired) electrons. The maximum atomic E-state index is 2.68. The van der Waals surface area contributed by atoms with Gasteiger partial charge in [0.25, 0.3) is 0 Å². The molecule has 0 aromatic carbocycles. The van der Waals surface area contributed by atoms with Crippen LogP contribution in [0.2, 0.25) is 0 Å². The molecule has 14 heavy (non-hydrogen) atoms. The summed E-state index contributed by atoms with van der Waals surface area (Å²) in [4.78, 5) is 0. The Bertz CT molecular complexity index is 245. The summed E-state index contributed by atoms with van der Waals surface area (Å²) in [5.41, 5.74) is 3.68. The van der Waals surface area contributed by atoms with Crippen molar-refractivity contribution in [3.63, 3.8) is 0 Å². The van der Waals surface area contributed by atoms with Crippen LogP contribution in [0.15, 0.2) is 11.1 Å². The van der Waals surface area contributed by atoms with E-state index in [-0.39, 0.29) is 0 Å². The fourth-order valence-corrected chi connectivity index (χ4v) is 5.95. The molecule has 3 unspecified atom stereocenters. The molecule has 2 heteroatoms. The van der Waals surface area contributed by atoms with Gasteiger partial charge in [-0.05, 0) is 43.6 Å². The Balaban J connectivity index is 2.32. The molecule has 0 spiro atoms. The maximum absolute atomic E-state index is 2.68. The second-order valence-corrected chi connectivity index (χ2v) is 7.65. The quantitative estimate of drug-likeness (QED) is 0.300. The first kappa shape index (κ1) is 11.7. The molecule has 0 fully saturated rings. The molecule has 3 atom stereocenters. The zero-order valence-corrected chi connectivity index (χ0v) is 13.0. The van der Waals surface area contributed by atoms with E-state index in [9.17, 15) is 0 Å². The Hall–Kier alpha value is 1.20. The summed E-state index contributed by atoms with van der Waals surface area (Å²) in [6, 6.07) is 0. The molecule has 0 amide bonds. The van der Waals surface area contributed by atoms with Gasteiger partial charge in [-0.1, -0.05) is 64.1 Å². The summed E-state index contributed by atoms with van der Waals surface area (Å²) in [5.74, 6) is 0.881. The summed E-state index contributed by atoms with van der Waals surface area (Å²) in [7, 11) is 0. The van der Waals surface area contributed by atoms with Crippen LogP contribution in [0.4, 0.5) is 0 Å². The van der Waals surface area contributed by atoms with E-state index in [0.29, 0.717) is 0 Å². The van der Waals surface area contributed by atoms with Crippen LogP contribution in [0, 0.1) is 5.92 Å². The maximum Gasteiger partial charge on any atom is 0.0332 e. The second kappa shape index (κ2) is 5.02. The minimum atomic E-state index is 0.842.